The first kappa shape index (κ1) is 17.4. The van der Waals surface area contributed by atoms with Crippen LogP contribution < -0.4 is 5.32 Å². The van der Waals surface area contributed by atoms with E-state index in [4.69, 9.17) is 9.84 Å². The van der Waals surface area contributed by atoms with E-state index < -0.39 is 12.0 Å². The molecule has 0 heterocycles. The van der Waals surface area contributed by atoms with E-state index in [0.717, 1.165) is 12.8 Å². The standard InChI is InChI=1S/C16H31NO3/c1-11(2)17-14(15(18)19)6-7-20-13-8-12(3)9-16(4,5)10-13/h11-14,17H,6-10H2,1-5H3,(H,18,19). The first-order valence-electron chi connectivity index (χ1n) is 7.80. The van der Waals surface area contributed by atoms with Crippen molar-refractivity contribution >= 4 is 5.97 Å². The third-order valence-electron chi connectivity index (χ3n) is 3.94. The van der Waals surface area contributed by atoms with Gasteiger partial charge >= 0.3 is 5.97 Å². The lowest BCUT2D eigenvalue weighted by molar-refractivity contribution is -0.140. The third kappa shape index (κ3) is 6.23. The van der Waals surface area contributed by atoms with Crippen LogP contribution in [0.25, 0.3) is 0 Å². The van der Waals surface area contributed by atoms with E-state index >= 15 is 0 Å². The molecule has 118 valence electrons. The van der Waals surface area contributed by atoms with Gasteiger partial charge in [0.1, 0.15) is 6.04 Å². The van der Waals surface area contributed by atoms with Gasteiger partial charge in [0.2, 0.25) is 0 Å². The summed E-state index contributed by atoms with van der Waals surface area (Å²) in [6.07, 6.45) is 4.23. The van der Waals surface area contributed by atoms with Crippen molar-refractivity contribution < 1.29 is 14.6 Å². The Morgan fingerprint density at radius 2 is 2.05 bits per heavy atom. The molecular formula is C16H31NO3. The second-order valence-electron chi connectivity index (χ2n) is 7.41. The zero-order chi connectivity index (χ0) is 15.3. The van der Waals surface area contributed by atoms with Gasteiger partial charge in [0.15, 0.2) is 0 Å². The summed E-state index contributed by atoms with van der Waals surface area (Å²) in [6.45, 7) is 11.3. The van der Waals surface area contributed by atoms with Crippen LogP contribution in [0.3, 0.4) is 0 Å². The number of hydrogen-bond donors (Lipinski definition) is 2. The SMILES string of the molecule is CC1CC(OCCC(NC(C)C)C(=O)O)CC(C)(C)C1. The normalized spacial score (nSPS) is 27.5. The summed E-state index contributed by atoms with van der Waals surface area (Å²) in [6, 6.07) is -0.339. The number of carboxylic acids is 1. The lowest BCUT2D eigenvalue weighted by atomic mass is 9.71. The highest BCUT2D eigenvalue weighted by Gasteiger charge is 2.32. The maximum atomic E-state index is 11.2. The summed E-state index contributed by atoms with van der Waals surface area (Å²) in [5.74, 6) is -0.104. The lowest BCUT2D eigenvalue weighted by Crippen LogP contribution is -2.42. The van der Waals surface area contributed by atoms with Crippen molar-refractivity contribution in [3.8, 4) is 0 Å². The highest BCUT2D eigenvalue weighted by molar-refractivity contribution is 5.73. The number of rotatable bonds is 7. The van der Waals surface area contributed by atoms with Gasteiger partial charge in [-0.25, -0.2) is 0 Å². The van der Waals surface area contributed by atoms with Crippen LogP contribution in [-0.4, -0.2) is 35.9 Å². The van der Waals surface area contributed by atoms with E-state index in [1.807, 2.05) is 13.8 Å². The fraction of sp³-hybridized carbons (Fsp3) is 0.938. The number of aliphatic carboxylic acids is 1. The minimum atomic E-state index is -0.792. The molecule has 0 bridgehead atoms. The van der Waals surface area contributed by atoms with Crippen LogP contribution in [0.5, 0.6) is 0 Å². The van der Waals surface area contributed by atoms with Crippen molar-refractivity contribution in [3.05, 3.63) is 0 Å². The molecule has 1 fully saturated rings. The second-order valence-corrected chi connectivity index (χ2v) is 7.41. The summed E-state index contributed by atoms with van der Waals surface area (Å²) < 4.78 is 5.95. The van der Waals surface area contributed by atoms with Crippen molar-refractivity contribution in [2.75, 3.05) is 6.61 Å². The second kappa shape index (κ2) is 7.41. The maximum absolute atomic E-state index is 11.2. The Morgan fingerprint density at radius 3 is 2.55 bits per heavy atom. The van der Waals surface area contributed by atoms with E-state index in [1.54, 1.807) is 0 Å². The topological polar surface area (TPSA) is 58.6 Å². The van der Waals surface area contributed by atoms with Gasteiger partial charge in [-0.3, -0.25) is 4.79 Å². The molecule has 0 aromatic rings. The zero-order valence-electron chi connectivity index (χ0n) is 13.6. The van der Waals surface area contributed by atoms with E-state index in [-0.39, 0.29) is 12.1 Å². The Kier molecular flexibility index (Phi) is 6.46. The van der Waals surface area contributed by atoms with Crippen molar-refractivity contribution in [2.24, 2.45) is 11.3 Å². The average molecular weight is 285 g/mol. The molecule has 0 amide bonds. The molecule has 1 rings (SSSR count). The number of ether oxygens (including phenoxy) is 1. The molecule has 4 nitrogen and oxygen atoms in total. The number of carbonyl (C=O) groups is 1. The quantitative estimate of drug-likeness (QED) is 0.755. The summed E-state index contributed by atoms with van der Waals surface area (Å²) in [5, 5.41) is 12.2. The van der Waals surface area contributed by atoms with Crippen molar-refractivity contribution in [3.63, 3.8) is 0 Å². The molecule has 20 heavy (non-hydrogen) atoms. The number of hydrogen-bond acceptors (Lipinski definition) is 3. The summed E-state index contributed by atoms with van der Waals surface area (Å²) in [4.78, 5) is 11.2. The van der Waals surface area contributed by atoms with Gasteiger partial charge in [0.25, 0.3) is 0 Å². The monoisotopic (exact) mass is 285 g/mol. The molecule has 0 radical (unpaired) electrons. The molecule has 1 aliphatic rings. The fourth-order valence-corrected chi connectivity index (χ4v) is 3.42. The van der Waals surface area contributed by atoms with Gasteiger partial charge in [0.05, 0.1) is 6.10 Å². The Bertz CT molecular complexity index is 315. The van der Waals surface area contributed by atoms with Gasteiger partial charge in [0, 0.05) is 12.6 Å². The Hall–Kier alpha value is -0.610. The van der Waals surface area contributed by atoms with Crippen LogP contribution in [0.15, 0.2) is 0 Å². The summed E-state index contributed by atoms with van der Waals surface area (Å²) in [7, 11) is 0. The Labute approximate surface area is 123 Å². The lowest BCUT2D eigenvalue weighted by Gasteiger charge is -2.38. The zero-order valence-corrected chi connectivity index (χ0v) is 13.6. The molecule has 2 N–H and O–H groups in total. The van der Waals surface area contributed by atoms with Crippen molar-refractivity contribution in [2.45, 2.75) is 78.5 Å². The number of nitrogens with one attached hydrogen (secondary N) is 1. The predicted molar refractivity (Wildman–Crippen MR) is 80.8 cm³/mol. The molecular weight excluding hydrogens is 254 g/mol. The van der Waals surface area contributed by atoms with E-state index in [0.29, 0.717) is 24.4 Å². The summed E-state index contributed by atoms with van der Waals surface area (Å²) in [5.41, 5.74) is 0.338. The molecule has 3 unspecified atom stereocenters. The van der Waals surface area contributed by atoms with Crippen LogP contribution in [0, 0.1) is 11.3 Å². The van der Waals surface area contributed by atoms with E-state index in [2.05, 4.69) is 26.1 Å². The van der Waals surface area contributed by atoms with Gasteiger partial charge in [-0.2, -0.15) is 0 Å². The largest absolute Gasteiger partial charge is 0.480 e. The van der Waals surface area contributed by atoms with E-state index in [9.17, 15) is 4.79 Å². The van der Waals surface area contributed by atoms with Gasteiger partial charge in [-0.15, -0.1) is 0 Å². The number of carboxylic acid groups (broad SMARTS) is 1. The van der Waals surface area contributed by atoms with Crippen LogP contribution in [0.2, 0.25) is 0 Å². The summed E-state index contributed by atoms with van der Waals surface area (Å²) >= 11 is 0. The molecule has 0 spiro atoms. The maximum Gasteiger partial charge on any atom is 0.320 e. The Morgan fingerprint density at radius 1 is 1.40 bits per heavy atom. The van der Waals surface area contributed by atoms with Gasteiger partial charge < -0.3 is 15.2 Å². The molecule has 1 aliphatic carbocycles. The minimum Gasteiger partial charge on any atom is -0.480 e. The van der Waals surface area contributed by atoms with Gasteiger partial charge in [-0.1, -0.05) is 34.6 Å². The highest BCUT2D eigenvalue weighted by atomic mass is 16.5. The van der Waals surface area contributed by atoms with Crippen LogP contribution >= 0.6 is 0 Å². The highest BCUT2D eigenvalue weighted by Crippen LogP contribution is 2.39. The molecule has 0 aliphatic heterocycles. The fourth-order valence-electron chi connectivity index (χ4n) is 3.42. The third-order valence-corrected chi connectivity index (χ3v) is 3.94. The molecule has 0 saturated heterocycles. The smallest absolute Gasteiger partial charge is 0.320 e. The average Bonchev–Trinajstić information content (AvgIpc) is 2.24. The molecule has 1 saturated carbocycles. The van der Waals surface area contributed by atoms with Gasteiger partial charge in [-0.05, 0) is 37.0 Å². The van der Waals surface area contributed by atoms with Crippen LogP contribution in [0.4, 0.5) is 0 Å². The molecule has 0 aromatic carbocycles. The molecule has 0 aromatic heterocycles. The molecule has 4 heteroatoms. The first-order valence-corrected chi connectivity index (χ1v) is 7.80. The first-order chi connectivity index (χ1) is 9.19. The van der Waals surface area contributed by atoms with Crippen molar-refractivity contribution in [1.29, 1.82) is 0 Å². The van der Waals surface area contributed by atoms with Crippen LogP contribution in [-0.2, 0) is 9.53 Å². The van der Waals surface area contributed by atoms with Crippen molar-refractivity contribution in [1.82, 2.24) is 5.32 Å². The predicted octanol–water partition coefficient (Wildman–Crippen LogP) is 3.06. The van der Waals surface area contributed by atoms with Crippen LogP contribution in [0.1, 0.15) is 60.3 Å². The Balaban J connectivity index is 2.36. The van der Waals surface area contributed by atoms with E-state index in [1.165, 1.54) is 6.42 Å². The minimum absolute atomic E-state index is 0.171. The molecule has 3 atom stereocenters.